The number of carbonyl (C=O) groups excluding carboxylic acids is 2. The Labute approximate surface area is 195 Å². The van der Waals surface area contributed by atoms with Gasteiger partial charge in [0.05, 0.1) is 10.9 Å². The SMILES string of the molecule is C=CC[C@H](C(=O)c1ccccc1)C(=S)N1[C@@H](C(=O)OCc2ccccc2)C[C@H]2CCC[C@H]21. The number of benzene rings is 2. The number of fused-ring (bicyclic) bond motifs is 1. The molecule has 2 aromatic carbocycles. The van der Waals surface area contributed by atoms with E-state index < -0.39 is 12.0 Å². The number of esters is 1. The second-order valence-electron chi connectivity index (χ2n) is 8.66. The van der Waals surface area contributed by atoms with Crippen molar-refractivity contribution in [2.24, 2.45) is 11.8 Å². The Balaban J connectivity index is 1.55. The maximum Gasteiger partial charge on any atom is 0.329 e. The molecule has 2 fully saturated rings. The molecule has 1 heterocycles. The minimum absolute atomic E-state index is 0.0200. The van der Waals surface area contributed by atoms with E-state index in [-0.39, 0.29) is 24.4 Å². The van der Waals surface area contributed by atoms with Crippen molar-refractivity contribution in [2.45, 2.75) is 50.8 Å². The van der Waals surface area contributed by atoms with Crippen molar-refractivity contribution in [3.05, 3.63) is 84.4 Å². The topological polar surface area (TPSA) is 46.6 Å². The smallest absolute Gasteiger partial charge is 0.329 e. The molecule has 0 amide bonds. The quantitative estimate of drug-likeness (QED) is 0.235. The third-order valence-corrected chi connectivity index (χ3v) is 7.16. The molecule has 4 nitrogen and oxygen atoms in total. The molecule has 0 N–H and O–H groups in total. The average molecular weight is 448 g/mol. The van der Waals surface area contributed by atoms with Gasteiger partial charge in [0.1, 0.15) is 12.6 Å². The molecule has 0 unspecified atom stereocenters. The molecule has 32 heavy (non-hydrogen) atoms. The second kappa shape index (κ2) is 10.2. The first-order valence-electron chi connectivity index (χ1n) is 11.3. The fourth-order valence-corrected chi connectivity index (χ4v) is 5.58. The van der Waals surface area contributed by atoms with Crippen molar-refractivity contribution in [1.82, 2.24) is 4.90 Å². The number of nitrogens with zero attached hydrogens (tertiary/aromatic N) is 1. The number of hydrogen-bond donors (Lipinski definition) is 0. The van der Waals surface area contributed by atoms with E-state index in [1.165, 1.54) is 0 Å². The van der Waals surface area contributed by atoms with E-state index in [0.29, 0.717) is 22.9 Å². The number of rotatable bonds is 8. The van der Waals surface area contributed by atoms with Gasteiger partial charge in [0.25, 0.3) is 0 Å². The van der Waals surface area contributed by atoms with Crippen LogP contribution in [-0.2, 0) is 16.1 Å². The predicted molar refractivity (Wildman–Crippen MR) is 129 cm³/mol. The lowest BCUT2D eigenvalue weighted by molar-refractivity contribution is -0.149. The molecular formula is C27H29NO3S. The summed E-state index contributed by atoms with van der Waals surface area (Å²) in [6.45, 7) is 4.09. The highest BCUT2D eigenvalue weighted by atomic mass is 32.1. The Kier molecular flexibility index (Phi) is 7.15. The molecule has 1 aliphatic carbocycles. The molecule has 1 saturated heterocycles. The number of ketones is 1. The monoisotopic (exact) mass is 447 g/mol. The van der Waals surface area contributed by atoms with Crippen LogP contribution in [0.5, 0.6) is 0 Å². The Morgan fingerprint density at radius 3 is 2.47 bits per heavy atom. The van der Waals surface area contributed by atoms with E-state index in [4.69, 9.17) is 17.0 Å². The van der Waals surface area contributed by atoms with Crippen LogP contribution in [0.25, 0.3) is 0 Å². The maximum atomic E-state index is 13.3. The Hall–Kier alpha value is -2.79. The number of allylic oxidation sites excluding steroid dienone is 1. The van der Waals surface area contributed by atoms with E-state index in [0.717, 1.165) is 31.2 Å². The molecule has 0 spiro atoms. The van der Waals surface area contributed by atoms with Crippen LogP contribution in [0.1, 0.15) is 48.0 Å². The largest absolute Gasteiger partial charge is 0.459 e. The summed E-state index contributed by atoms with van der Waals surface area (Å²) < 4.78 is 5.70. The molecule has 4 rings (SSSR count). The average Bonchev–Trinajstić information content (AvgIpc) is 3.43. The molecule has 1 saturated carbocycles. The predicted octanol–water partition coefficient (Wildman–Crippen LogP) is 5.38. The lowest BCUT2D eigenvalue weighted by Crippen LogP contribution is -2.48. The first kappa shape index (κ1) is 22.4. The summed E-state index contributed by atoms with van der Waals surface area (Å²) in [5.41, 5.74) is 1.59. The number of likely N-dealkylation sites (tertiary alicyclic amines) is 1. The van der Waals surface area contributed by atoms with Crippen molar-refractivity contribution in [3.63, 3.8) is 0 Å². The van der Waals surface area contributed by atoms with Gasteiger partial charge in [-0.05, 0) is 37.2 Å². The standard InChI is InChI=1S/C27H29NO3S/c1-2-10-22(25(29)20-13-7-4-8-14-20)26(32)28-23-16-9-15-21(23)17-24(28)27(30)31-18-19-11-5-3-6-12-19/h2-8,11-14,21-24H,1,9-10,15-18H2/t21-,22-,23-,24-/m1/s1. The van der Waals surface area contributed by atoms with E-state index >= 15 is 0 Å². The molecule has 0 bridgehead atoms. The number of hydrogen-bond acceptors (Lipinski definition) is 4. The summed E-state index contributed by atoms with van der Waals surface area (Å²) >= 11 is 5.92. The fourth-order valence-electron chi connectivity index (χ4n) is 5.11. The zero-order valence-corrected chi connectivity index (χ0v) is 19.0. The molecule has 166 valence electrons. The summed E-state index contributed by atoms with van der Waals surface area (Å²) in [6, 6.07) is 18.7. The molecule has 5 heteroatoms. The second-order valence-corrected chi connectivity index (χ2v) is 9.07. The fraction of sp³-hybridized carbons (Fsp3) is 0.370. The van der Waals surface area contributed by atoms with Gasteiger partial charge >= 0.3 is 5.97 Å². The molecule has 0 aromatic heterocycles. The summed E-state index contributed by atoms with van der Waals surface area (Å²) in [5, 5.41) is 0. The molecule has 2 aromatic rings. The minimum atomic E-state index is -0.506. The van der Waals surface area contributed by atoms with Crippen LogP contribution in [0.3, 0.4) is 0 Å². The van der Waals surface area contributed by atoms with Crippen LogP contribution in [-0.4, -0.2) is 33.7 Å². The maximum absolute atomic E-state index is 13.3. The van der Waals surface area contributed by atoms with Gasteiger partial charge in [-0.1, -0.05) is 85.4 Å². The number of Topliss-reactive ketones (excluding diaryl/α,β-unsaturated/α-hetero) is 1. The summed E-state index contributed by atoms with van der Waals surface area (Å²) in [7, 11) is 0. The Morgan fingerprint density at radius 1 is 1.09 bits per heavy atom. The van der Waals surface area contributed by atoms with Crippen molar-refractivity contribution in [3.8, 4) is 0 Å². The van der Waals surface area contributed by atoms with E-state index in [9.17, 15) is 9.59 Å². The zero-order valence-electron chi connectivity index (χ0n) is 18.2. The van der Waals surface area contributed by atoms with Crippen LogP contribution in [0, 0.1) is 11.8 Å². The van der Waals surface area contributed by atoms with E-state index in [1.54, 1.807) is 6.08 Å². The van der Waals surface area contributed by atoms with Gasteiger partial charge in [0.15, 0.2) is 5.78 Å². The minimum Gasteiger partial charge on any atom is -0.459 e. The highest BCUT2D eigenvalue weighted by Gasteiger charge is 2.49. The molecule has 4 atom stereocenters. The molecule has 2 aliphatic rings. The van der Waals surface area contributed by atoms with Gasteiger partial charge in [0, 0.05) is 11.6 Å². The van der Waals surface area contributed by atoms with Gasteiger partial charge < -0.3 is 9.64 Å². The molecule has 0 radical (unpaired) electrons. The lowest BCUT2D eigenvalue weighted by atomic mass is 9.93. The van der Waals surface area contributed by atoms with Crippen molar-refractivity contribution >= 4 is 29.0 Å². The third-order valence-electron chi connectivity index (χ3n) is 6.66. The molecule has 1 aliphatic heterocycles. The van der Waals surface area contributed by atoms with Crippen LogP contribution in [0.2, 0.25) is 0 Å². The number of thiocarbonyl (C=S) groups is 1. The third kappa shape index (κ3) is 4.68. The summed E-state index contributed by atoms with van der Waals surface area (Å²) in [6.07, 6.45) is 6.13. The van der Waals surface area contributed by atoms with Crippen LogP contribution >= 0.6 is 12.2 Å². The van der Waals surface area contributed by atoms with Crippen molar-refractivity contribution in [1.29, 1.82) is 0 Å². The van der Waals surface area contributed by atoms with E-state index in [1.807, 2.05) is 60.7 Å². The highest BCUT2D eigenvalue weighted by molar-refractivity contribution is 7.80. The lowest BCUT2D eigenvalue weighted by Gasteiger charge is -2.34. The first-order chi connectivity index (χ1) is 15.6. The Morgan fingerprint density at radius 2 is 1.78 bits per heavy atom. The Bertz CT molecular complexity index is 975. The van der Waals surface area contributed by atoms with Crippen LogP contribution in [0.15, 0.2) is 73.3 Å². The van der Waals surface area contributed by atoms with Crippen molar-refractivity contribution in [2.75, 3.05) is 0 Å². The van der Waals surface area contributed by atoms with Gasteiger partial charge in [-0.3, -0.25) is 4.79 Å². The zero-order chi connectivity index (χ0) is 22.5. The number of carbonyl (C=O) groups is 2. The van der Waals surface area contributed by atoms with Crippen molar-refractivity contribution < 1.29 is 14.3 Å². The van der Waals surface area contributed by atoms with Gasteiger partial charge in [-0.15, -0.1) is 6.58 Å². The summed E-state index contributed by atoms with van der Waals surface area (Å²) in [5.74, 6) is -0.365. The highest BCUT2D eigenvalue weighted by Crippen LogP contribution is 2.43. The van der Waals surface area contributed by atoms with Gasteiger partial charge in [0.2, 0.25) is 0 Å². The normalized spacial score (nSPS) is 22.8. The number of ether oxygens (including phenoxy) is 1. The first-order valence-corrected chi connectivity index (χ1v) is 11.7. The van der Waals surface area contributed by atoms with Crippen LogP contribution < -0.4 is 0 Å². The van der Waals surface area contributed by atoms with Gasteiger partial charge in [-0.2, -0.15) is 0 Å². The molecular weight excluding hydrogens is 418 g/mol. The van der Waals surface area contributed by atoms with E-state index in [2.05, 4.69) is 11.5 Å². The van der Waals surface area contributed by atoms with Crippen LogP contribution in [0.4, 0.5) is 0 Å². The van der Waals surface area contributed by atoms with Gasteiger partial charge in [-0.25, -0.2) is 4.79 Å². The summed E-state index contributed by atoms with van der Waals surface area (Å²) in [4.78, 5) is 29.1.